The molecule has 0 aliphatic carbocycles. The van der Waals surface area contributed by atoms with Gasteiger partial charge < -0.3 is 9.84 Å². The van der Waals surface area contributed by atoms with Crippen LogP contribution in [0.1, 0.15) is 27.0 Å². The Kier molecular flexibility index (Phi) is 3.70. The van der Waals surface area contributed by atoms with E-state index < -0.39 is 6.10 Å². The standard InChI is InChI=1S/C18H18O2S/c1-11-8-17(21-12(11)2)18(19)15-5-4-14-10-16(20-3)7-6-13(14)9-15/h4-10,18-19H,1-3H3. The second kappa shape index (κ2) is 5.51. The molecule has 3 rings (SSSR count). The van der Waals surface area contributed by atoms with Crippen molar-refractivity contribution >= 4 is 22.1 Å². The predicted molar refractivity (Wildman–Crippen MR) is 88.4 cm³/mol. The fraction of sp³-hybridized carbons (Fsp3) is 0.222. The lowest BCUT2D eigenvalue weighted by Gasteiger charge is -2.10. The van der Waals surface area contributed by atoms with Crippen molar-refractivity contribution in [3.63, 3.8) is 0 Å². The van der Waals surface area contributed by atoms with Gasteiger partial charge in [-0.25, -0.2) is 0 Å². The molecule has 3 aromatic rings. The van der Waals surface area contributed by atoms with Gasteiger partial charge in [-0.15, -0.1) is 11.3 Å². The molecule has 1 heterocycles. The second-order valence-corrected chi connectivity index (χ2v) is 6.55. The van der Waals surface area contributed by atoms with E-state index in [-0.39, 0.29) is 0 Å². The van der Waals surface area contributed by atoms with E-state index in [1.165, 1.54) is 10.4 Å². The Bertz CT molecular complexity index is 770. The van der Waals surface area contributed by atoms with Crippen LogP contribution in [0.25, 0.3) is 10.8 Å². The van der Waals surface area contributed by atoms with E-state index >= 15 is 0 Å². The van der Waals surface area contributed by atoms with E-state index in [1.54, 1.807) is 18.4 Å². The van der Waals surface area contributed by atoms with Gasteiger partial charge in [-0.05, 0) is 60.0 Å². The number of thiophene rings is 1. The zero-order chi connectivity index (χ0) is 15.0. The molecule has 0 aliphatic heterocycles. The minimum absolute atomic E-state index is 0.561. The van der Waals surface area contributed by atoms with Gasteiger partial charge in [-0.1, -0.05) is 18.2 Å². The highest BCUT2D eigenvalue weighted by Gasteiger charge is 2.14. The van der Waals surface area contributed by atoms with E-state index in [4.69, 9.17) is 4.74 Å². The van der Waals surface area contributed by atoms with Crippen LogP contribution < -0.4 is 4.74 Å². The van der Waals surface area contributed by atoms with Crippen LogP contribution >= 0.6 is 11.3 Å². The van der Waals surface area contributed by atoms with Gasteiger partial charge in [0.25, 0.3) is 0 Å². The molecule has 1 atom stereocenters. The SMILES string of the molecule is COc1ccc2cc(C(O)c3cc(C)c(C)s3)ccc2c1. The van der Waals surface area contributed by atoms with Crippen molar-refractivity contribution in [2.75, 3.05) is 7.11 Å². The van der Waals surface area contributed by atoms with Gasteiger partial charge in [0.2, 0.25) is 0 Å². The molecule has 21 heavy (non-hydrogen) atoms. The first-order valence-electron chi connectivity index (χ1n) is 6.91. The number of aliphatic hydroxyl groups is 1. The van der Waals surface area contributed by atoms with Gasteiger partial charge in [0, 0.05) is 9.75 Å². The summed E-state index contributed by atoms with van der Waals surface area (Å²) in [6.45, 7) is 4.16. The van der Waals surface area contributed by atoms with Crippen molar-refractivity contribution in [1.82, 2.24) is 0 Å². The van der Waals surface area contributed by atoms with Crippen molar-refractivity contribution < 1.29 is 9.84 Å². The van der Waals surface area contributed by atoms with Crippen molar-refractivity contribution in [1.29, 1.82) is 0 Å². The molecule has 0 radical (unpaired) electrons. The highest BCUT2D eigenvalue weighted by Crippen LogP contribution is 2.32. The number of hydrogen-bond acceptors (Lipinski definition) is 3. The van der Waals surface area contributed by atoms with Crippen molar-refractivity contribution in [3.05, 3.63) is 63.3 Å². The van der Waals surface area contributed by atoms with Gasteiger partial charge in [0.15, 0.2) is 0 Å². The summed E-state index contributed by atoms with van der Waals surface area (Å²) in [6, 6.07) is 14.1. The molecule has 0 spiro atoms. The molecule has 2 nitrogen and oxygen atoms in total. The normalized spacial score (nSPS) is 12.6. The Morgan fingerprint density at radius 1 is 1.00 bits per heavy atom. The molecule has 0 aliphatic rings. The van der Waals surface area contributed by atoms with Crippen LogP contribution in [0.4, 0.5) is 0 Å². The highest BCUT2D eigenvalue weighted by atomic mass is 32.1. The Morgan fingerprint density at radius 3 is 2.38 bits per heavy atom. The van der Waals surface area contributed by atoms with Gasteiger partial charge in [0.1, 0.15) is 11.9 Å². The number of aliphatic hydroxyl groups excluding tert-OH is 1. The summed E-state index contributed by atoms with van der Waals surface area (Å²) < 4.78 is 5.24. The maximum Gasteiger partial charge on any atom is 0.119 e. The Morgan fingerprint density at radius 2 is 1.71 bits per heavy atom. The molecular weight excluding hydrogens is 280 g/mol. The molecular formula is C18H18O2S. The average Bonchev–Trinajstić information content (AvgIpc) is 2.85. The maximum absolute atomic E-state index is 10.6. The largest absolute Gasteiger partial charge is 0.497 e. The van der Waals surface area contributed by atoms with Gasteiger partial charge in [0.05, 0.1) is 7.11 Å². The van der Waals surface area contributed by atoms with Gasteiger partial charge in [-0.2, -0.15) is 0 Å². The molecule has 1 unspecified atom stereocenters. The van der Waals surface area contributed by atoms with E-state index in [1.807, 2.05) is 36.4 Å². The highest BCUT2D eigenvalue weighted by molar-refractivity contribution is 7.12. The van der Waals surface area contributed by atoms with Crippen LogP contribution in [0.3, 0.4) is 0 Å². The molecule has 1 aromatic heterocycles. The third-order valence-corrected chi connectivity index (χ3v) is 5.05. The second-order valence-electron chi connectivity index (χ2n) is 5.26. The van der Waals surface area contributed by atoms with Crippen molar-refractivity contribution in [2.24, 2.45) is 0 Å². The van der Waals surface area contributed by atoms with E-state index in [0.29, 0.717) is 0 Å². The Hall–Kier alpha value is -1.84. The van der Waals surface area contributed by atoms with Crippen LogP contribution in [0.5, 0.6) is 5.75 Å². The molecule has 0 fully saturated rings. The zero-order valence-corrected chi connectivity index (χ0v) is 13.2. The summed E-state index contributed by atoms with van der Waals surface area (Å²) in [5.41, 5.74) is 2.16. The third-order valence-electron chi connectivity index (χ3n) is 3.84. The summed E-state index contributed by atoms with van der Waals surface area (Å²) in [7, 11) is 1.67. The quantitative estimate of drug-likeness (QED) is 0.765. The fourth-order valence-corrected chi connectivity index (χ4v) is 3.50. The Balaban J connectivity index is 2.00. The first-order chi connectivity index (χ1) is 10.1. The van der Waals surface area contributed by atoms with Crippen molar-refractivity contribution in [2.45, 2.75) is 20.0 Å². The fourth-order valence-electron chi connectivity index (χ4n) is 2.44. The maximum atomic E-state index is 10.6. The molecule has 0 saturated carbocycles. The Labute approximate surface area is 128 Å². The van der Waals surface area contributed by atoms with E-state index in [2.05, 4.69) is 19.9 Å². The molecule has 2 aromatic carbocycles. The molecule has 0 bridgehead atoms. The van der Waals surface area contributed by atoms with Crippen LogP contribution in [-0.4, -0.2) is 12.2 Å². The molecule has 108 valence electrons. The summed E-state index contributed by atoms with van der Waals surface area (Å²) in [6.07, 6.45) is -0.561. The topological polar surface area (TPSA) is 29.5 Å². The first-order valence-corrected chi connectivity index (χ1v) is 7.73. The number of hydrogen-bond donors (Lipinski definition) is 1. The zero-order valence-electron chi connectivity index (χ0n) is 12.4. The molecule has 1 N–H and O–H groups in total. The first kappa shape index (κ1) is 14.1. The number of ether oxygens (including phenoxy) is 1. The van der Waals surface area contributed by atoms with E-state index in [0.717, 1.165) is 27.0 Å². The molecule has 0 amide bonds. The lowest BCUT2D eigenvalue weighted by atomic mass is 10.0. The summed E-state index contributed by atoms with van der Waals surface area (Å²) in [5, 5.41) is 12.8. The monoisotopic (exact) mass is 298 g/mol. The van der Waals surface area contributed by atoms with Crippen molar-refractivity contribution in [3.8, 4) is 5.75 Å². The van der Waals surface area contributed by atoms with Crippen LogP contribution in [0.2, 0.25) is 0 Å². The summed E-state index contributed by atoms with van der Waals surface area (Å²) in [5.74, 6) is 0.848. The minimum Gasteiger partial charge on any atom is -0.497 e. The summed E-state index contributed by atoms with van der Waals surface area (Å²) in [4.78, 5) is 2.26. The predicted octanol–water partition coefficient (Wildman–Crippen LogP) is 4.61. The van der Waals surface area contributed by atoms with Gasteiger partial charge >= 0.3 is 0 Å². The number of methoxy groups -OCH3 is 1. The lowest BCUT2D eigenvalue weighted by molar-refractivity contribution is 0.224. The minimum atomic E-state index is -0.561. The van der Waals surface area contributed by atoms with E-state index in [9.17, 15) is 5.11 Å². The van der Waals surface area contributed by atoms with Crippen LogP contribution in [0.15, 0.2) is 42.5 Å². The van der Waals surface area contributed by atoms with Crippen LogP contribution in [0, 0.1) is 13.8 Å². The number of fused-ring (bicyclic) bond motifs is 1. The van der Waals surface area contributed by atoms with Gasteiger partial charge in [-0.3, -0.25) is 0 Å². The van der Waals surface area contributed by atoms with Crippen LogP contribution in [-0.2, 0) is 0 Å². The number of benzene rings is 2. The average molecular weight is 298 g/mol. The summed E-state index contributed by atoms with van der Waals surface area (Å²) >= 11 is 1.66. The number of aryl methyl sites for hydroxylation is 2. The third kappa shape index (κ3) is 2.67. The molecule has 0 saturated heterocycles. The molecule has 3 heteroatoms. The lowest BCUT2D eigenvalue weighted by Crippen LogP contribution is -1.96. The smallest absolute Gasteiger partial charge is 0.119 e. The number of rotatable bonds is 3.